The molecule has 0 aliphatic heterocycles. The van der Waals surface area contributed by atoms with Crippen LogP contribution >= 0.6 is 15.9 Å². The summed E-state index contributed by atoms with van der Waals surface area (Å²) < 4.78 is 37.2. The van der Waals surface area contributed by atoms with Crippen molar-refractivity contribution in [2.24, 2.45) is 5.41 Å². The molecule has 0 atom stereocenters. The fraction of sp³-hybridized carbons (Fsp3) is 0.636. The van der Waals surface area contributed by atoms with Crippen LogP contribution in [0.4, 0.5) is 18.9 Å². The third-order valence-corrected chi connectivity index (χ3v) is 3.89. The Bertz CT molecular complexity index is 537. The van der Waals surface area contributed by atoms with Gasteiger partial charge in [-0.25, -0.2) is 4.68 Å². The third-order valence-electron chi connectivity index (χ3n) is 3.12. The number of nitrogens with one attached hydrogen (secondary N) is 1. The Labute approximate surface area is 116 Å². The summed E-state index contributed by atoms with van der Waals surface area (Å²) in [6.45, 7) is 1.39. The van der Waals surface area contributed by atoms with Crippen LogP contribution in [0.5, 0.6) is 0 Å². The highest BCUT2D eigenvalue weighted by Crippen LogP contribution is 2.44. The van der Waals surface area contributed by atoms with Gasteiger partial charge < -0.3 is 5.32 Å². The molecule has 4 nitrogen and oxygen atoms in total. The van der Waals surface area contributed by atoms with Crippen LogP contribution in [0, 0.1) is 5.41 Å². The molecule has 0 bridgehead atoms. The molecular weight excluding hydrogens is 327 g/mol. The summed E-state index contributed by atoms with van der Waals surface area (Å²) in [5, 5.41) is 6.58. The molecule has 0 amide bonds. The van der Waals surface area contributed by atoms with Gasteiger partial charge in [-0.15, -0.1) is 0 Å². The molecular formula is C11H13BrF3N3O. The standard InChI is InChI=1S/C11H13BrF3N3O/c1-10(2-3-10)5-16-7-4-17-18(6-11(13,14)15)9(19)8(7)12/h4,16H,2-3,5-6H2,1H3. The highest BCUT2D eigenvalue weighted by atomic mass is 79.9. The van der Waals surface area contributed by atoms with E-state index in [2.05, 4.69) is 33.3 Å². The highest BCUT2D eigenvalue weighted by Gasteiger charge is 2.37. The number of hydrogen-bond acceptors (Lipinski definition) is 3. The van der Waals surface area contributed by atoms with Gasteiger partial charge in [-0.3, -0.25) is 4.79 Å². The number of anilines is 1. The van der Waals surface area contributed by atoms with Gasteiger partial charge in [0.15, 0.2) is 0 Å². The quantitative estimate of drug-likeness (QED) is 0.917. The summed E-state index contributed by atoms with van der Waals surface area (Å²) >= 11 is 3.02. The summed E-state index contributed by atoms with van der Waals surface area (Å²) in [5.41, 5.74) is -0.139. The van der Waals surface area contributed by atoms with Crippen LogP contribution in [-0.2, 0) is 6.54 Å². The monoisotopic (exact) mass is 339 g/mol. The van der Waals surface area contributed by atoms with Gasteiger partial charge in [0, 0.05) is 6.54 Å². The van der Waals surface area contributed by atoms with Gasteiger partial charge in [0.25, 0.3) is 5.56 Å². The van der Waals surface area contributed by atoms with E-state index < -0.39 is 18.3 Å². The number of nitrogens with zero attached hydrogens (tertiary/aromatic N) is 2. The van der Waals surface area contributed by atoms with Crippen molar-refractivity contribution in [3.63, 3.8) is 0 Å². The molecule has 0 aromatic carbocycles. The Morgan fingerprint density at radius 1 is 1.53 bits per heavy atom. The van der Waals surface area contributed by atoms with Crippen LogP contribution in [0.3, 0.4) is 0 Å². The molecule has 0 spiro atoms. The number of hydrogen-bond donors (Lipinski definition) is 1. The van der Waals surface area contributed by atoms with Crippen LogP contribution in [-0.4, -0.2) is 22.5 Å². The Kier molecular flexibility index (Phi) is 3.63. The Morgan fingerprint density at radius 3 is 2.68 bits per heavy atom. The van der Waals surface area contributed by atoms with Crippen molar-refractivity contribution in [3.05, 3.63) is 21.0 Å². The largest absolute Gasteiger partial charge is 0.408 e. The lowest BCUT2D eigenvalue weighted by atomic mass is 10.1. The second-order valence-corrected chi connectivity index (χ2v) is 5.91. The molecule has 1 aliphatic carbocycles. The second-order valence-electron chi connectivity index (χ2n) is 5.11. The van der Waals surface area contributed by atoms with E-state index in [1.807, 2.05) is 0 Å². The van der Waals surface area contributed by atoms with Crippen LogP contribution < -0.4 is 10.9 Å². The molecule has 1 aromatic heterocycles. The molecule has 1 N–H and O–H groups in total. The molecule has 0 saturated heterocycles. The van der Waals surface area contributed by atoms with Crippen molar-refractivity contribution in [3.8, 4) is 0 Å². The summed E-state index contributed by atoms with van der Waals surface area (Å²) in [6.07, 6.45) is -1.01. The summed E-state index contributed by atoms with van der Waals surface area (Å²) in [5.74, 6) is 0. The average Bonchev–Trinajstić information content (AvgIpc) is 3.01. The molecule has 1 aliphatic rings. The average molecular weight is 340 g/mol. The minimum atomic E-state index is -4.47. The minimum Gasteiger partial charge on any atom is -0.382 e. The van der Waals surface area contributed by atoms with Gasteiger partial charge in [0.2, 0.25) is 0 Å². The van der Waals surface area contributed by atoms with E-state index in [0.29, 0.717) is 16.9 Å². The van der Waals surface area contributed by atoms with Crippen molar-refractivity contribution in [1.82, 2.24) is 9.78 Å². The smallest absolute Gasteiger partial charge is 0.382 e. The molecule has 8 heteroatoms. The van der Waals surface area contributed by atoms with Gasteiger partial charge in [-0.2, -0.15) is 18.3 Å². The molecule has 2 rings (SSSR count). The molecule has 1 saturated carbocycles. The van der Waals surface area contributed by atoms with Crippen LogP contribution in [0.25, 0.3) is 0 Å². The molecule has 106 valence electrons. The lowest BCUT2D eigenvalue weighted by Crippen LogP contribution is -2.31. The molecule has 0 unspecified atom stereocenters. The van der Waals surface area contributed by atoms with Crippen molar-refractivity contribution in [2.45, 2.75) is 32.5 Å². The van der Waals surface area contributed by atoms with Crippen molar-refractivity contribution >= 4 is 21.6 Å². The van der Waals surface area contributed by atoms with E-state index in [1.54, 1.807) is 0 Å². The maximum absolute atomic E-state index is 12.2. The van der Waals surface area contributed by atoms with Gasteiger partial charge in [-0.1, -0.05) is 6.92 Å². The summed E-state index contributed by atoms with van der Waals surface area (Å²) in [4.78, 5) is 11.7. The Hall–Kier alpha value is -1.05. The molecule has 1 heterocycles. The van der Waals surface area contributed by atoms with Gasteiger partial charge in [0.05, 0.1) is 11.9 Å². The van der Waals surface area contributed by atoms with Gasteiger partial charge in [-0.05, 0) is 34.2 Å². The molecule has 1 aromatic rings. The van der Waals surface area contributed by atoms with E-state index in [9.17, 15) is 18.0 Å². The predicted octanol–water partition coefficient (Wildman–Crippen LogP) is 2.78. The van der Waals surface area contributed by atoms with E-state index in [-0.39, 0.29) is 9.89 Å². The van der Waals surface area contributed by atoms with Gasteiger partial charge >= 0.3 is 6.18 Å². The highest BCUT2D eigenvalue weighted by molar-refractivity contribution is 9.10. The van der Waals surface area contributed by atoms with Crippen LogP contribution in [0.15, 0.2) is 15.5 Å². The SMILES string of the molecule is CC1(CNc2cnn(CC(F)(F)F)c(=O)c2Br)CC1. The number of alkyl halides is 3. The van der Waals surface area contributed by atoms with Crippen LogP contribution in [0.1, 0.15) is 19.8 Å². The van der Waals surface area contributed by atoms with Crippen molar-refractivity contribution in [1.29, 1.82) is 0 Å². The van der Waals surface area contributed by atoms with Crippen LogP contribution in [0.2, 0.25) is 0 Å². The Balaban J connectivity index is 2.15. The predicted molar refractivity (Wildman–Crippen MR) is 68.1 cm³/mol. The third kappa shape index (κ3) is 3.71. The zero-order valence-corrected chi connectivity index (χ0v) is 11.8. The number of aromatic nitrogens is 2. The number of halogens is 4. The molecule has 0 radical (unpaired) electrons. The Morgan fingerprint density at radius 2 is 2.16 bits per heavy atom. The first kappa shape index (κ1) is 14.4. The zero-order chi connectivity index (χ0) is 14.3. The maximum atomic E-state index is 12.2. The normalized spacial score (nSPS) is 17.3. The first-order chi connectivity index (χ1) is 8.70. The first-order valence-corrected chi connectivity index (χ1v) is 6.56. The fourth-order valence-corrected chi connectivity index (χ4v) is 2.02. The second kappa shape index (κ2) is 4.81. The summed E-state index contributed by atoms with van der Waals surface area (Å²) in [7, 11) is 0. The fourth-order valence-electron chi connectivity index (χ4n) is 1.57. The summed E-state index contributed by atoms with van der Waals surface area (Å²) in [6, 6.07) is 0. The molecule has 19 heavy (non-hydrogen) atoms. The van der Waals surface area contributed by atoms with E-state index in [0.717, 1.165) is 12.8 Å². The van der Waals surface area contributed by atoms with Crippen molar-refractivity contribution in [2.75, 3.05) is 11.9 Å². The topological polar surface area (TPSA) is 46.9 Å². The minimum absolute atomic E-state index is 0.0796. The van der Waals surface area contributed by atoms with E-state index in [1.165, 1.54) is 6.20 Å². The first-order valence-electron chi connectivity index (χ1n) is 5.76. The van der Waals surface area contributed by atoms with Crippen molar-refractivity contribution < 1.29 is 13.2 Å². The van der Waals surface area contributed by atoms with E-state index in [4.69, 9.17) is 0 Å². The lowest BCUT2D eigenvalue weighted by Gasteiger charge is -2.14. The lowest BCUT2D eigenvalue weighted by molar-refractivity contribution is -0.143. The zero-order valence-electron chi connectivity index (χ0n) is 10.2. The van der Waals surface area contributed by atoms with Gasteiger partial charge in [0.1, 0.15) is 11.0 Å². The maximum Gasteiger partial charge on any atom is 0.408 e. The van der Waals surface area contributed by atoms with E-state index >= 15 is 0 Å². The number of rotatable bonds is 4. The molecule has 1 fully saturated rings.